The van der Waals surface area contributed by atoms with Gasteiger partial charge in [-0.2, -0.15) is 8.42 Å². The first-order valence-corrected chi connectivity index (χ1v) is 16.6. The maximum absolute atomic E-state index is 13.9. The van der Waals surface area contributed by atoms with E-state index in [1.807, 2.05) is 30.3 Å². The Balaban J connectivity index is 1.58. The van der Waals surface area contributed by atoms with Gasteiger partial charge in [-0.05, 0) is 82.1 Å². The Labute approximate surface area is 274 Å². The Kier molecular flexibility index (Phi) is 11.2. The van der Waals surface area contributed by atoms with Crippen LogP contribution >= 0.6 is 11.6 Å². The third kappa shape index (κ3) is 10.7. The van der Waals surface area contributed by atoms with Gasteiger partial charge < -0.3 is 10.6 Å². The number of carbonyl (C=O) groups is 2. The van der Waals surface area contributed by atoms with Crippen LogP contribution in [0.15, 0.2) is 97.1 Å². The summed E-state index contributed by atoms with van der Waals surface area (Å²) in [5.41, 5.74) is 4.87. The summed E-state index contributed by atoms with van der Waals surface area (Å²) in [5.74, 6) is -2.30. The van der Waals surface area contributed by atoms with Crippen molar-refractivity contribution >= 4 is 45.3 Å². The van der Waals surface area contributed by atoms with Crippen LogP contribution in [0, 0.1) is 11.2 Å². The minimum atomic E-state index is -4.19. The first-order chi connectivity index (χ1) is 21.6. The van der Waals surface area contributed by atoms with Crippen LogP contribution in [0.2, 0.25) is 5.02 Å². The number of halogens is 2. The maximum atomic E-state index is 13.9. The summed E-state index contributed by atoms with van der Waals surface area (Å²) < 4.78 is 44.2. The summed E-state index contributed by atoms with van der Waals surface area (Å²) in [7, 11) is -4.19. The lowest BCUT2D eigenvalue weighted by Crippen LogP contribution is -2.28. The molecule has 4 aromatic rings. The number of benzene rings is 4. The van der Waals surface area contributed by atoms with Crippen molar-refractivity contribution in [2.45, 2.75) is 33.1 Å². The number of nitrogens with one attached hydrogen (secondary N) is 2. The van der Waals surface area contributed by atoms with Crippen molar-refractivity contribution < 1.29 is 27.0 Å². The average Bonchev–Trinajstić information content (AvgIpc) is 2.98. The number of amides is 2. The normalized spacial score (nSPS) is 12.6. The molecule has 7 nitrogen and oxygen atoms in total. The predicted octanol–water partition coefficient (Wildman–Crippen LogP) is 7.79. The van der Waals surface area contributed by atoms with E-state index in [0.29, 0.717) is 22.7 Å². The highest BCUT2D eigenvalue weighted by Crippen LogP contribution is 2.30. The zero-order valence-electron chi connectivity index (χ0n) is 25.8. The van der Waals surface area contributed by atoms with Crippen molar-refractivity contribution in [2.75, 3.05) is 17.6 Å². The Morgan fingerprint density at radius 2 is 1.57 bits per heavy atom. The molecular weight excluding hydrogens is 627 g/mol. The molecule has 0 saturated heterocycles. The molecule has 0 heterocycles. The Bertz CT molecular complexity index is 1820. The number of hydrogen-bond acceptors (Lipinski definition) is 4. The number of hydrogen-bond donors (Lipinski definition) is 3. The fourth-order valence-electron chi connectivity index (χ4n) is 4.67. The van der Waals surface area contributed by atoms with Gasteiger partial charge in [0.1, 0.15) is 5.82 Å². The number of allylic oxidation sites excluding steroid dienone is 1. The van der Waals surface area contributed by atoms with Crippen LogP contribution in [0.1, 0.15) is 53.7 Å². The van der Waals surface area contributed by atoms with E-state index in [0.717, 1.165) is 27.8 Å². The summed E-state index contributed by atoms with van der Waals surface area (Å²) >= 11 is 6.41. The molecule has 1 unspecified atom stereocenters. The van der Waals surface area contributed by atoms with Crippen molar-refractivity contribution in [1.29, 1.82) is 0 Å². The number of carbonyl (C=O) groups excluding carboxylic acids is 2. The first kappa shape index (κ1) is 34.6. The van der Waals surface area contributed by atoms with E-state index in [1.54, 1.807) is 54.6 Å². The molecule has 4 aromatic carbocycles. The predicted molar refractivity (Wildman–Crippen MR) is 182 cm³/mol. The van der Waals surface area contributed by atoms with E-state index in [-0.39, 0.29) is 23.7 Å². The number of rotatable bonds is 11. The fraction of sp³-hybridized carbons (Fsp3) is 0.222. The van der Waals surface area contributed by atoms with Gasteiger partial charge in [-0.1, -0.05) is 93.1 Å². The lowest BCUT2D eigenvalue weighted by Gasteiger charge is -2.19. The largest absolute Gasteiger partial charge is 0.351 e. The zero-order chi connectivity index (χ0) is 33.5. The molecule has 10 heteroatoms. The second-order valence-electron chi connectivity index (χ2n) is 12.1. The molecule has 0 saturated carbocycles. The van der Waals surface area contributed by atoms with Crippen molar-refractivity contribution in [3.63, 3.8) is 0 Å². The van der Waals surface area contributed by atoms with Crippen LogP contribution in [-0.2, 0) is 21.3 Å². The van der Waals surface area contributed by atoms with Crippen molar-refractivity contribution in [1.82, 2.24) is 5.32 Å². The molecule has 0 radical (unpaired) electrons. The molecule has 240 valence electrons. The van der Waals surface area contributed by atoms with Crippen LogP contribution < -0.4 is 10.6 Å². The number of anilines is 1. The van der Waals surface area contributed by atoms with Crippen LogP contribution in [-0.4, -0.2) is 37.1 Å². The second-order valence-corrected chi connectivity index (χ2v) is 14.1. The maximum Gasteiger partial charge on any atom is 0.266 e. The summed E-state index contributed by atoms with van der Waals surface area (Å²) in [6.45, 7) is 6.12. The molecule has 1 atom stereocenters. The molecule has 0 fully saturated rings. The SMILES string of the molecule is CC(C)(C)/C=C/c1ccc(C(Cc2ccc(C(=O)NCCS(=O)(=O)O)cc2)C(=O)Nc2cc(Cl)cc(-c3ccc(F)cc3)c2)cc1. The van der Waals surface area contributed by atoms with E-state index in [4.69, 9.17) is 16.2 Å². The van der Waals surface area contributed by atoms with Crippen LogP contribution in [0.5, 0.6) is 0 Å². The molecule has 0 aromatic heterocycles. The van der Waals surface area contributed by atoms with Gasteiger partial charge in [0.25, 0.3) is 16.0 Å². The van der Waals surface area contributed by atoms with Gasteiger partial charge >= 0.3 is 0 Å². The van der Waals surface area contributed by atoms with Gasteiger partial charge in [-0.25, -0.2) is 4.39 Å². The van der Waals surface area contributed by atoms with Crippen LogP contribution in [0.4, 0.5) is 10.1 Å². The van der Waals surface area contributed by atoms with Crippen molar-refractivity contribution in [2.24, 2.45) is 5.41 Å². The lowest BCUT2D eigenvalue weighted by molar-refractivity contribution is -0.117. The molecule has 0 aliphatic rings. The third-order valence-electron chi connectivity index (χ3n) is 7.08. The fourth-order valence-corrected chi connectivity index (χ4v) is 5.27. The highest BCUT2D eigenvalue weighted by Gasteiger charge is 2.22. The van der Waals surface area contributed by atoms with Gasteiger partial charge in [0.05, 0.1) is 11.7 Å². The summed E-state index contributed by atoms with van der Waals surface area (Å²) in [5, 5.41) is 5.87. The molecule has 0 spiro atoms. The Morgan fingerprint density at radius 1 is 0.913 bits per heavy atom. The second kappa shape index (κ2) is 14.9. The van der Waals surface area contributed by atoms with E-state index in [2.05, 4.69) is 37.5 Å². The quantitative estimate of drug-likeness (QED) is 0.142. The molecule has 2 amide bonds. The highest BCUT2D eigenvalue weighted by molar-refractivity contribution is 7.85. The molecule has 3 N–H and O–H groups in total. The first-order valence-electron chi connectivity index (χ1n) is 14.6. The van der Waals surface area contributed by atoms with E-state index in [1.165, 1.54) is 12.1 Å². The smallest absolute Gasteiger partial charge is 0.266 e. The molecular formula is C36H36ClFN2O5S. The molecule has 0 aliphatic carbocycles. The van der Waals surface area contributed by atoms with E-state index < -0.39 is 27.7 Å². The standard InChI is InChI=1S/C36H36ClFN2O5S/c1-36(2,3)17-16-24-4-8-27(9-5-24)33(20-25-6-10-28(11-7-25)34(41)39-18-19-46(43,44)45)35(42)40-32-22-29(21-30(37)23-32)26-12-14-31(38)15-13-26/h4-17,21-23,33H,18-20H2,1-3H3,(H,39,41)(H,40,42)(H,43,44,45)/b17-16+. The third-order valence-corrected chi connectivity index (χ3v) is 8.01. The molecule has 46 heavy (non-hydrogen) atoms. The monoisotopic (exact) mass is 662 g/mol. The van der Waals surface area contributed by atoms with Crippen molar-refractivity contribution in [3.05, 3.63) is 130 Å². The zero-order valence-corrected chi connectivity index (χ0v) is 27.3. The van der Waals surface area contributed by atoms with Gasteiger partial charge in [-0.3, -0.25) is 14.1 Å². The van der Waals surface area contributed by atoms with Crippen LogP contribution in [0.3, 0.4) is 0 Å². The molecule has 4 rings (SSSR count). The minimum absolute atomic E-state index is 0.0183. The highest BCUT2D eigenvalue weighted by atomic mass is 35.5. The minimum Gasteiger partial charge on any atom is -0.351 e. The summed E-state index contributed by atoms with van der Waals surface area (Å²) in [6, 6.07) is 25.6. The average molecular weight is 663 g/mol. The van der Waals surface area contributed by atoms with Gasteiger partial charge in [0.2, 0.25) is 5.91 Å². The van der Waals surface area contributed by atoms with E-state index in [9.17, 15) is 22.4 Å². The Hall–Kier alpha value is -4.31. The topological polar surface area (TPSA) is 113 Å². The molecule has 0 aliphatic heterocycles. The van der Waals surface area contributed by atoms with Gasteiger partial charge in [0, 0.05) is 22.8 Å². The summed E-state index contributed by atoms with van der Waals surface area (Å²) in [4.78, 5) is 26.3. The Morgan fingerprint density at radius 3 is 2.17 bits per heavy atom. The van der Waals surface area contributed by atoms with Crippen molar-refractivity contribution in [3.8, 4) is 11.1 Å². The summed E-state index contributed by atoms with van der Waals surface area (Å²) in [6.07, 6.45) is 4.48. The van der Waals surface area contributed by atoms with E-state index >= 15 is 0 Å². The molecule has 0 bridgehead atoms. The van der Waals surface area contributed by atoms with Gasteiger partial charge in [-0.15, -0.1) is 0 Å². The van der Waals surface area contributed by atoms with Gasteiger partial charge in [0.15, 0.2) is 0 Å². The van der Waals surface area contributed by atoms with Crippen LogP contribution in [0.25, 0.3) is 17.2 Å². The lowest BCUT2D eigenvalue weighted by atomic mass is 9.89.